The van der Waals surface area contributed by atoms with E-state index in [-0.39, 0.29) is 12.5 Å². The lowest BCUT2D eigenvalue weighted by molar-refractivity contribution is -0.138. The summed E-state index contributed by atoms with van der Waals surface area (Å²) >= 11 is 0. The van der Waals surface area contributed by atoms with Crippen molar-refractivity contribution in [3.63, 3.8) is 0 Å². The Labute approximate surface area is 80.8 Å². The molecule has 0 aliphatic carbocycles. The van der Waals surface area contributed by atoms with E-state index in [9.17, 15) is 18.0 Å². The fraction of sp³-hybridized carbons (Fsp3) is 0.875. The van der Waals surface area contributed by atoms with Gasteiger partial charge < -0.3 is 11.1 Å². The van der Waals surface area contributed by atoms with Crippen LogP contribution in [0.3, 0.4) is 0 Å². The molecule has 0 aromatic carbocycles. The Morgan fingerprint density at radius 3 is 2.50 bits per heavy atom. The lowest BCUT2D eigenvalue weighted by atomic mass is 10.1. The van der Waals surface area contributed by atoms with Gasteiger partial charge in [0.05, 0.1) is 0 Å². The molecule has 0 aliphatic heterocycles. The fourth-order valence-corrected chi connectivity index (χ4v) is 0.982. The van der Waals surface area contributed by atoms with Gasteiger partial charge in [0.1, 0.15) is 6.54 Å². The Morgan fingerprint density at radius 1 is 1.50 bits per heavy atom. The molecule has 0 rings (SSSR count). The lowest BCUT2D eigenvalue weighted by Crippen LogP contribution is -2.37. The summed E-state index contributed by atoms with van der Waals surface area (Å²) in [5.74, 6) is -0.650. The van der Waals surface area contributed by atoms with E-state index in [1.54, 1.807) is 5.32 Å². The van der Waals surface area contributed by atoms with E-state index in [2.05, 4.69) is 0 Å². The summed E-state index contributed by atoms with van der Waals surface area (Å²) in [5, 5.41) is 1.77. The molecular weight excluding hydrogens is 197 g/mol. The van der Waals surface area contributed by atoms with Crippen molar-refractivity contribution in [2.24, 2.45) is 5.73 Å². The van der Waals surface area contributed by atoms with Crippen LogP contribution in [0.15, 0.2) is 0 Å². The van der Waals surface area contributed by atoms with Crippen LogP contribution in [0.2, 0.25) is 0 Å². The van der Waals surface area contributed by atoms with Crippen LogP contribution in [-0.2, 0) is 4.79 Å². The molecule has 0 aromatic rings. The number of carbonyl (C=O) groups is 1. The average Bonchev–Trinajstić information content (AvgIpc) is 2.00. The van der Waals surface area contributed by atoms with Crippen molar-refractivity contribution in [3.05, 3.63) is 0 Å². The number of nitrogens with one attached hydrogen (secondary N) is 1. The summed E-state index contributed by atoms with van der Waals surface area (Å²) in [6, 6.07) is -0.353. The average molecular weight is 212 g/mol. The minimum atomic E-state index is -4.36. The summed E-state index contributed by atoms with van der Waals surface area (Å²) < 4.78 is 35.0. The number of hydrogen-bond acceptors (Lipinski definition) is 2. The summed E-state index contributed by atoms with van der Waals surface area (Å²) in [6.07, 6.45) is -2.96. The first-order valence-electron chi connectivity index (χ1n) is 4.44. The number of rotatable bonds is 5. The van der Waals surface area contributed by atoms with Crippen molar-refractivity contribution in [2.75, 3.05) is 6.54 Å². The predicted octanol–water partition coefficient (Wildman–Crippen LogP) is 1.18. The molecule has 6 heteroatoms. The van der Waals surface area contributed by atoms with E-state index in [1.165, 1.54) is 0 Å². The van der Waals surface area contributed by atoms with Crippen LogP contribution in [0, 0.1) is 0 Å². The number of amides is 1. The van der Waals surface area contributed by atoms with Crippen molar-refractivity contribution < 1.29 is 18.0 Å². The topological polar surface area (TPSA) is 55.1 Å². The molecule has 0 aromatic heterocycles. The van der Waals surface area contributed by atoms with Crippen LogP contribution in [-0.4, -0.2) is 24.7 Å². The van der Waals surface area contributed by atoms with Gasteiger partial charge in [0, 0.05) is 12.5 Å². The lowest BCUT2D eigenvalue weighted by Gasteiger charge is -2.11. The van der Waals surface area contributed by atoms with E-state index < -0.39 is 18.6 Å². The first-order chi connectivity index (χ1) is 6.35. The maximum absolute atomic E-state index is 11.7. The zero-order valence-electron chi connectivity index (χ0n) is 8.03. The molecule has 0 spiro atoms. The molecule has 0 radical (unpaired) electrons. The second kappa shape index (κ2) is 5.85. The van der Waals surface area contributed by atoms with Gasteiger partial charge in [-0.15, -0.1) is 0 Å². The molecule has 3 nitrogen and oxygen atoms in total. The number of carbonyl (C=O) groups excluding carboxylic acids is 1. The molecule has 1 atom stereocenters. The second-order valence-corrected chi connectivity index (χ2v) is 3.14. The molecule has 3 N–H and O–H groups in total. The number of hydrogen-bond donors (Lipinski definition) is 2. The third kappa shape index (κ3) is 7.85. The summed E-state index contributed by atoms with van der Waals surface area (Å²) in [7, 11) is 0. The van der Waals surface area contributed by atoms with Crippen molar-refractivity contribution in [3.8, 4) is 0 Å². The molecule has 1 unspecified atom stereocenters. The van der Waals surface area contributed by atoms with Crippen molar-refractivity contribution in [1.82, 2.24) is 5.32 Å². The Hall–Kier alpha value is -0.780. The standard InChI is InChI=1S/C8H15F3N2O/c1-2-3-6(12)4-7(14)13-5-8(9,10)11/h6H,2-5,12H2,1H3,(H,13,14). The second-order valence-electron chi connectivity index (χ2n) is 3.14. The first kappa shape index (κ1) is 13.2. The quantitative estimate of drug-likeness (QED) is 0.719. The highest BCUT2D eigenvalue weighted by Gasteiger charge is 2.27. The van der Waals surface area contributed by atoms with E-state index in [4.69, 9.17) is 5.73 Å². The van der Waals surface area contributed by atoms with Crippen molar-refractivity contribution in [2.45, 2.75) is 38.4 Å². The molecule has 0 fully saturated rings. The van der Waals surface area contributed by atoms with Crippen LogP contribution >= 0.6 is 0 Å². The van der Waals surface area contributed by atoms with Gasteiger partial charge in [-0.1, -0.05) is 13.3 Å². The summed E-state index contributed by atoms with van der Waals surface area (Å²) in [5.41, 5.74) is 5.48. The first-order valence-corrected chi connectivity index (χ1v) is 4.44. The van der Waals surface area contributed by atoms with E-state index in [0.717, 1.165) is 6.42 Å². The Bertz CT molecular complexity index is 182. The summed E-state index contributed by atoms with van der Waals surface area (Å²) in [6.45, 7) is 0.609. The largest absolute Gasteiger partial charge is 0.405 e. The highest BCUT2D eigenvalue weighted by molar-refractivity contribution is 5.76. The van der Waals surface area contributed by atoms with E-state index in [1.807, 2.05) is 6.92 Å². The van der Waals surface area contributed by atoms with Crippen molar-refractivity contribution in [1.29, 1.82) is 0 Å². The smallest absolute Gasteiger partial charge is 0.347 e. The van der Waals surface area contributed by atoms with Gasteiger partial charge in [-0.2, -0.15) is 13.2 Å². The maximum atomic E-state index is 11.7. The minimum absolute atomic E-state index is 0.0517. The van der Waals surface area contributed by atoms with E-state index >= 15 is 0 Å². The van der Waals surface area contributed by atoms with Crippen LogP contribution in [0.4, 0.5) is 13.2 Å². The third-order valence-electron chi connectivity index (χ3n) is 1.59. The monoisotopic (exact) mass is 212 g/mol. The van der Waals surface area contributed by atoms with Crippen LogP contribution in [0.5, 0.6) is 0 Å². The normalized spacial score (nSPS) is 13.8. The molecule has 0 saturated carbocycles. The molecule has 1 amide bonds. The van der Waals surface area contributed by atoms with Crippen LogP contribution in [0.1, 0.15) is 26.2 Å². The van der Waals surface area contributed by atoms with Gasteiger partial charge in [-0.05, 0) is 6.42 Å². The minimum Gasteiger partial charge on any atom is -0.347 e. The van der Waals surface area contributed by atoms with E-state index in [0.29, 0.717) is 6.42 Å². The number of nitrogens with two attached hydrogens (primary N) is 1. The van der Waals surface area contributed by atoms with Gasteiger partial charge in [-0.25, -0.2) is 0 Å². The number of halogens is 3. The van der Waals surface area contributed by atoms with Gasteiger partial charge in [0.2, 0.25) is 5.91 Å². The predicted molar refractivity (Wildman–Crippen MR) is 46.6 cm³/mol. The molecule has 0 bridgehead atoms. The molecule has 0 saturated heterocycles. The molecule has 84 valence electrons. The van der Waals surface area contributed by atoms with Crippen LogP contribution in [0.25, 0.3) is 0 Å². The highest BCUT2D eigenvalue weighted by Crippen LogP contribution is 2.12. The Balaban J connectivity index is 3.65. The molecule has 14 heavy (non-hydrogen) atoms. The zero-order valence-corrected chi connectivity index (χ0v) is 8.03. The fourth-order valence-electron chi connectivity index (χ4n) is 0.982. The third-order valence-corrected chi connectivity index (χ3v) is 1.59. The Morgan fingerprint density at radius 2 is 2.07 bits per heavy atom. The van der Waals surface area contributed by atoms with Crippen LogP contribution < -0.4 is 11.1 Å². The van der Waals surface area contributed by atoms with Gasteiger partial charge in [0.15, 0.2) is 0 Å². The summed E-state index contributed by atoms with van der Waals surface area (Å²) in [4.78, 5) is 10.9. The van der Waals surface area contributed by atoms with Crippen molar-refractivity contribution >= 4 is 5.91 Å². The van der Waals surface area contributed by atoms with Gasteiger partial charge in [-0.3, -0.25) is 4.79 Å². The maximum Gasteiger partial charge on any atom is 0.405 e. The highest BCUT2D eigenvalue weighted by atomic mass is 19.4. The SMILES string of the molecule is CCCC(N)CC(=O)NCC(F)(F)F. The molecule has 0 aliphatic rings. The van der Waals surface area contributed by atoms with Gasteiger partial charge in [0.25, 0.3) is 0 Å². The number of alkyl halides is 3. The molecular formula is C8H15F3N2O. The zero-order chi connectivity index (χ0) is 11.2. The Kier molecular flexibility index (Phi) is 5.52. The molecule has 0 heterocycles. The van der Waals surface area contributed by atoms with Gasteiger partial charge >= 0.3 is 6.18 Å².